The number of nitrogens with zero attached hydrogens (tertiary/aromatic N) is 1. The van der Waals surface area contributed by atoms with Crippen LogP contribution in [0.1, 0.15) is 52.4 Å². The second-order valence-electron chi connectivity index (χ2n) is 6.18. The number of hydrogen-bond acceptors (Lipinski definition) is 2. The summed E-state index contributed by atoms with van der Waals surface area (Å²) in [6, 6.07) is 0.858. The van der Waals surface area contributed by atoms with Crippen LogP contribution in [0.5, 0.6) is 0 Å². The molecule has 0 aromatic heterocycles. The van der Waals surface area contributed by atoms with Gasteiger partial charge in [0.1, 0.15) is 6.10 Å². The highest BCUT2D eigenvalue weighted by Gasteiger charge is 2.53. The van der Waals surface area contributed by atoms with Gasteiger partial charge in [-0.25, -0.2) is 4.79 Å². The maximum absolute atomic E-state index is 12.0. The van der Waals surface area contributed by atoms with Gasteiger partial charge in [-0.2, -0.15) is 0 Å². The van der Waals surface area contributed by atoms with E-state index < -0.39 is 0 Å². The van der Waals surface area contributed by atoms with E-state index in [0.29, 0.717) is 18.0 Å². The summed E-state index contributed by atoms with van der Waals surface area (Å²) in [4.78, 5) is 14.2. The van der Waals surface area contributed by atoms with Gasteiger partial charge < -0.3 is 4.74 Å². The largest absolute Gasteiger partial charge is 0.444 e. The van der Waals surface area contributed by atoms with E-state index in [4.69, 9.17) is 4.74 Å². The molecule has 0 N–H and O–H groups in total. The molecule has 2 aliphatic heterocycles. The minimum absolute atomic E-state index is 0.0303. The molecule has 2 heterocycles. The van der Waals surface area contributed by atoms with E-state index in [1.54, 1.807) is 0 Å². The molecule has 1 saturated carbocycles. The van der Waals surface area contributed by atoms with Crippen molar-refractivity contribution in [2.45, 2.75) is 70.6 Å². The molecular formula is C14H23NO2. The second-order valence-corrected chi connectivity index (χ2v) is 6.18. The van der Waals surface area contributed by atoms with E-state index >= 15 is 0 Å². The van der Waals surface area contributed by atoms with E-state index in [0.717, 1.165) is 25.2 Å². The van der Waals surface area contributed by atoms with Gasteiger partial charge in [0.25, 0.3) is 0 Å². The molecule has 17 heavy (non-hydrogen) atoms. The average molecular weight is 237 g/mol. The van der Waals surface area contributed by atoms with Gasteiger partial charge in [-0.1, -0.05) is 20.3 Å². The Balaban J connectivity index is 1.84. The summed E-state index contributed by atoms with van der Waals surface area (Å²) in [7, 11) is 0. The Morgan fingerprint density at radius 3 is 2.94 bits per heavy atom. The van der Waals surface area contributed by atoms with E-state index in [2.05, 4.69) is 18.7 Å². The van der Waals surface area contributed by atoms with Gasteiger partial charge in [0.2, 0.25) is 0 Å². The molecule has 0 aromatic rings. The van der Waals surface area contributed by atoms with Crippen LogP contribution in [0.3, 0.4) is 0 Å². The predicted octanol–water partition coefficient (Wildman–Crippen LogP) is 3.18. The van der Waals surface area contributed by atoms with E-state index in [9.17, 15) is 4.79 Å². The smallest absolute Gasteiger partial charge is 0.410 e. The van der Waals surface area contributed by atoms with Crippen molar-refractivity contribution < 1.29 is 9.53 Å². The molecule has 1 aliphatic carbocycles. The molecule has 0 radical (unpaired) electrons. The Morgan fingerprint density at radius 2 is 2.18 bits per heavy atom. The van der Waals surface area contributed by atoms with Crippen molar-refractivity contribution in [2.75, 3.05) is 0 Å². The maximum atomic E-state index is 12.0. The maximum Gasteiger partial charge on any atom is 0.410 e. The van der Waals surface area contributed by atoms with Crippen LogP contribution in [0, 0.1) is 11.8 Å². The molecule has 3 aliphatic rings. The summed E-state index contributed by atoms with van der Waals surface area (Å²) in [5.74, 6) is 1.42. The molecule has 0 bridgehead atoms. The third-order valence-electron chi connectivity index (χ3n) is 4.87. The molecule has 0 unspecified atom stereocenters. The fourth-order valence-corrected chi connectivity index (χ4v) is 4.27. The van der Waals surface area contributed by atoms with Gasteiger partial charge in [0.15, 0.2) is 0 Å². The number of amides is 1. The normalized spacial score (nSPS) is 44.5. The van der Waals surface area contributed by atoms with Crippen LogP contribution in [-0.2, 0) is 4.74 Å². The highest BCUT2D eigenvalue weighted by Crippen LogP contribution is 2.45. The zero-order valence-corrected chi connectivity index (χ0v) is 10.9. The molecule has 1 amide bonds. The van der Waals surface area contributed by atoms with E-state index in [1.807, 2.05) is 0 Å². The number of rotatable bonds is 2. The molecule has 3 heteroatoms. The van der Waals surface area contributed by atoms with Crippen molar-refractivity contribution in [3.05, 3.63) is 0 Å². The van der Waals surface area contributed by atoms with Gasteiger partial charge in [-0.15, -0.1) is 0 Å². The molecule has 96 valence electrons. The number of hydrogen-bond donors (Lipinski definition) is 0. The molecule has 0 aromatic carbocycles. The predicted molar refractivity (Wildman–Crippen MR) is 65.7 cm³/mol. The fourth-order valence-electron chi connectivity index (χ4n) is 4.27. The Bertz CT molecular complexity index is 317. The zero-order chi connectivity index (χ0) is 12.0. The third-order valence-corrected chi connectivity index (χ3v) is 4.87. The molecule has 3 nitrogen and oxygen atoms in total. The molecular weight excluding hydrogens is 214 g/mol. The van der Waals surface area contributed by atoms with Crippen molar-refractivity contribution in [3.63, 3.8) is 0 Å². The Kier molecular flexibility index (Phi) is 2.80. The molecule has 2 saturated heterocycles. The first-order chi connectivity index (χ1) is 8.20. The summed E-state index contributed by atoms with van der Waals surface area (Å²) in [6.07, 6.45) is 7.30. The Hall–Kier alpha value is -0.730. The molecule has 3 fully saturated rings. The topological polar surface area (TPSA) is 29.5 Å². The molecule has 5 atom stereocenters. The van der Waals surface area contributed by atoms with Crippen molar-refractivity contribution in [1.82, 2.24) is 4.90 Å². The first-order valence-electron chi connectivity index (χ1n) is 7.19. The lowest BCUT2D eigenvalue weighted by molar-refractivity contribution is 0.0258. The van der Waals surface area contributed by atoms with Gasteiger partial charge in [-0.3, -0.25) is 4.90 Å². The van der Waals surface area contributed by atoms with E-state index in [-0.39, 0.29) is 12.2 Å². The van der Waals surface area contributed by atoms with Crippen LogP contribution in [0.2, 0.25) is 0 Å². The van der Waals surface area contributed by atoms with Crippen LogP contribution >= 0.6 is 0 Å². The van der Waals surface area contributed by atoms with Gasteiger partial charge in [0, 0.05) is 6.04 Å². The lowest BCUT2D eigenvalue weighted by atomic mass is 9.71. The summed E-state index contributed by atoms with van der Waals surface area (Å²) >= 11 is 0. The monoisotopic (exact) mass is 237 g/mol. The van der Waals surface area contributed by atoms with Crippen LogP contribution in [-0.4, -0.2) is 29.2 Å². The number of ether oxygens (including phenoxy) is 1. The first-order valence-corrected chi connectivity index (χ1v) is 7.19. The van der Waals surface area contributed by atoms with E-state index in [1.165, 1.54) is 19.3 Å². The van der Waals surface area contributed by atoms with Crippen LogP contribution < -0.4 is 0 Å². The summed E-state index contributed by atoms with van der Waals surface area (Å²) in [5.41, 5.74) is 0. The lowest BCUT2D eigenvalue weighted by Crippen LogP contribution is -2.54. The summed E-state index contributed by atoms with van der Waals surface area (Å²) in [6.45, 7) is 4.50. The molecule has 3 rings (SSSR count). The van der Waals surface area contributed by atoms with Crippen molar-refractivity contribution in [3.8, 4) is 0 Å². The summed E-state index contributed by atoms with van der Waals surface area (Å²) in [5, 5.41) is 0. The number of carbonyl (C=O) groups excluding carboxylic acids is 1. The SMILES string of the molecule is CCC[C@@H]1CC[C@H]2C[C@H](C)C[C@H]3OC(=O)N1[C@@H]23. The van der Waals surface area contributed by atoms with Crippen molar-refractivity contribution in [2.24, 2.45) is 11.8 Å². The zero-order valence-electron chi connectivity index (χ0n) is 10.9. The van der Waals surface area contributed by atoms with Gasteiger partial charge >= 0.3 is 6.09 Å². The third kappa shape index (κ3) is 1.74. The highest BCUT2D eigenvalue weighted by atomic mass is 16.6. The lowest BCUT2D eigenvalue weighted by Gasteiger charge is -2.45. The number of carbonyl (C=O) groups is 1. The second kappa shape index (κ2) is 4.18. The highest BCUT2D eigenvalue weighted by molar-refractivity contribution is 5.71. The summed E-state index contributed by atoms with van der Waals surface area (Å²) < 4.78 is 5.61. The minimum atomic E-state index is -0.0303. The quantitative estimate of drug-likeness (QED) is 0.738. The van der Waals surface area contributed by atoms with Crippen LogP contribution in [0.25, 0.3) is 0 Å². The van der Waals surface area contributed by atoms with Crippen LogP contribution in [0.4, 0.5) is 4.79 Å². The van der Waals surface area contributed by atoms with Crippen molar-refractivity contribution >= 4 is 6.09 Å². The minimum Gasteiger partial charge on any atom is -0.444 e. The standard InChI is InChI=1S/C14H23NO2/c1-3-4-11-6-5-10-7-9(2)8-12-13(10)15(11)14(16)17-12/h9-13H,3-8H2,1-2H3/t9-,10-,11+,12+,13-/m0/s1. The Labute approximate surface area is 104 Å². The number of piperidine rings is 1. The first kappa shape index (κ1) is 11.4. The Morgan fingerprint density at radius 1 is 1.35 bits per heavy atom. The van der Waals surface area contributed by atoms with Crippen molar-refractivity contribution in [1.29, 1.82) is 0 Å². The van der Waals surface area contributed by atoms with Crippen LogP contribution in [0.15, 0.2) is 0 Å². The average Bonchev–Trinajstić information content (AvgIpc) is 2.60. The fraction of sp³-hybridized carbons (Fsp3) is 0.929. The van der Waals surface area contributed by atoms with Gasteiger partial charge in [-0.05, 0) is 43.9 Å². The molecule has 0 spiro atoms. The van der Waals surface area contributed by atoms with Gasteiger partial charge in [0.05, 0.1) is 6.04 Å².